The van der Waals surface area contributed by atoms with Crippen LogP contribution in [0.1, 0.15) is 36.2 Å². The van der Waals surface area contributed by atoms with E-state index in [4.69, 9.17) is 32.4 Å². The molecule has 4 atom stereocenters. The number of ether oxygens (including phenoxy) is 2. The molecule has 0 radical (unpaired) electrons. The normalized spacial score (nSPS) is 25.2. The van der Waals surface area contributed by atoms with Crippen LogP contribution < -0.4 is 22.9 Å². The molecule has 34 heavy (non-hydrogen) atoms. The molecule has 2 aromatic rings. The van der Waals surface area contributed by atoms with E-state index < -0.39 is 23.7 Å². The van der Waals surface area contributed by atoms with Crippen molar-refractivity contribution in [1.82, 2.24) is 0 Å². The lowest BCUT2D eigenvalue weighted by Crippen LogP contribution is -2.46. The predicted molar refractivity (Wildman–Crippen MR) is 134 cm³/mol. The Morgan fingerprint density at radius 3 is 1.53 bits per heavy atom. The summed E-state index contributed by atoms with van der Waals surface area (Å²) in [4.78, 5) is 14.2. The van der Waals surface area contributed by atoms with Crippen molar-refractivity contribution in [3.63, 3.8) is 0 Å². The minimum atomic E-state index is -1.17. The summed E-state index contributed by atoms with van der Waals surface area (Å²) in [5.41, 5.74) is 24.9. The molecule has 176 valence electrons. The first-order valence-electron chi connectivity index (χ1n) is 11.1. The average molecular weight is 459 g/mol. The molecule has 4 unspecified atom stereocenters. The van der Waals surface area contributed by atoms with Gasteiger partial charge in [0.2, 0.25) is 0 Å². The smallest absolute Gasteiger partial charge is 0.199 e. The van der Waals surface area contributed by atoms with E-state index in [0.29, 0.717) is 35.3 Å². The molecular formula is C27H30N4O3. The summed E-state index contributed by atoms with van der Waals surface area (Å²) in [6.45, 7) is 0. The Morgan fingerprint density at radius 2 is 1.18 bits per heavy atom. The number of hydrogen-bond acceptors (Lipinski definition) is 7. The largest absolute Gasteiger partial charge is 0.399 e. The summed E-state index contributed by atoms with van der Waals surface area (Å²) >= 11 is 0. The highest BCUT2D eigenvalue weighted by atomic mass is 16.5. The number of allylic oxidation sites excluding steroid dienone is 4. The maximum absolute atomic E-state index is 14.2. The molecule has 0 aliphatic heterocycles. The molecule has 0 saturated carbocycles. The van der Waals surface area contributed by atoms with Crippen LogP contribution in [-0.4, -0.2) is 17.2 Å². The van der Waals surface area contributed by atoms with Gasteiger partial charge in [-0.3, -0.25) is 16.3 Å². The van der Waals surface area contributed by atoms with Gasteiger partial charge in [-0.2, -0.15) is 0 Å². The SMILES string of the molecule is Nc1cccc(C(OC2(N)C=CC=CC2)C(=O)C(OC2(N)C=CC=CC2)c2cccc(N)c2)c1. The number of hydrogen-bond donors (Lipinski definition) is 4. The fourth-order valence-electron chi connectivity index (χ4n) is 4.01. The number of nitrogens with two attached hydrogens (primary N) is 4. The number of benzene rings is 2. The third kappa shape index (κ3) is 5.52. The Kier molecular flexibility index (Phi) is 6.81. The lowest BCUT2D eigenvalue weighted by atomic mass is 9.94. The summed E-state index contributed by atoms with van der Waals surface area (Å²) in [6, 6.07) is 14.0. The minimum Gasteiger partial charge on any atom is -0.399 e. The summed E-state index contributed by atoms with van der Waals surface area (Å²) in [6.07, 6.45) is 13.3. The highest BCUT2D eigenvalue weighted by molar-refractivity contribution is 5.90. The Balaban J connectivity index is 1.75. The fraction of sp³-hybridized carbons (Fsp3) is 0.222. The number of ketones is 1. The molecule has 2 aliphatic carbocycles. The van der Waals surface area contributed by atoms with E-state index in [9.17, 15) is 4.79 Å². The second-order valence-corrected chi connectivity index (χ2v) is 8.63. The summed E-state index contributed by atoms with van der Waals surface area (Å²) < 4.78 is 12.6. The zero-order valence-electron chi connectivity index (χ0n) is 18.8. The van der Waals surface area contributed by atoms with E-state index in [2.05, 4.69) is 0 Å². The first kappa shape index (κ1) is 23.7. The molecule has 0 aromatic heterocycles. The van der Waals surface area contributed by atoms with Crippen molar-refractivity contribution in [1.29, 1.82) is 0 Å². The first-order valence-corrected chi connectivity index (χ1v) is 11.1. The fourth-order valence-corrected chi connectivity index (χ4v) is 4.01. The van der Waals surface area contributed by atoms with Crippen molar-refractivity contribution in [2.45, 2.75) is 36.5 Å². The van der Waals surface area contributed by atoms with Gasteiger partial charge in [-0.15, -0.1) is 0 Å². The van der Waals surface area contributed by atoms with Crippen molar-refractivity contribution in [2.24, 2.45) is 11.5 Å². The van der Waals surface area contributed by atoms with Gasteiger partial charge in [0.25, 0.3) is 0 Å². The summed E-state index contributed by atoms with van der Waals surface area (Å²) in [5.74, 6) is -0.364. The van der Waals surface area contributed by atoms with Gasteiger partial charge in [0.15, 0.2) is 5.78 Å². The molecule has 4 rings (SSSR count). The van der Waals surface area contributed by atoms with E-state index in [1.165, 1.54) is 0 Å². The Morgan fingerprint density at radius 1 is 0.735 bits per heavy atom. The van der Waals surface area contributed by atoms with Gasteiger partial charge in [-0.05, 0) is 47.5 Å². The average Bonchev–Trinajstić information content (AvgIpc) is 2.82. The van der Waals surface area contributed by atoms with Crippen molar-refractivity contribution < 1.29 is 14.3 Å². The topological polar surface area (TPSA) is 140 Å². The highest BCUT2D eigenvalue weighted by Gasteiger charge is 2.39. The van der Waals surface area contributed by atoms with Crippen LogP contribution in [-0.2, 0) is 14.3 Å². The van der Waals surface area contributed by atoms with Crippen LogP contribution in [0.3, 0.4) is 0 Å². The van der Waals surface area contributed by atoms with Gasteiger partial charge in [-0.1, -0.05) is 60.7 Å². The first-order chi connectivity index (χ1) is 16.3. The van der Waals surface area contributed by atoms with Gasteiger partial charge < -0.3 is 20.9 Å². The Labute approximate surface area is 199 Å². The van der Waals surface area contributed by atoms with Crippen molar-refractivity contribution in [3.05, 3.63) is 108 Å². The van der Waals surface area contributed by atoms with E-state index in [0.717, 1.165) is 0 Å². The second kappa shape index (κ2) is 9.79. The van der Waals surface area contributed by atoms with Crippen molar-refractivity contribution in [2.75, 3.05) is 11.5 Å². The van der Waals surface area contributed by atoms with Gasteiger partial charge in [0.05, 0.1) is 0 Å². The monoisotopic (exact) mass is 458 g/mol. The van der Waals surface area contributed by atoms with Crippen LogP contribution in [0.2, 0.25) is 0 Å². The van der Waals surface area contributed by atoms with Gasteiger partial charge in [0, 0.05) is 24.2 Å². The molecule has 7 heteroatoms. The Bertz CT molecular complexity index is 1080. The zero-order valence-corrected chi connectivity index (χ0v) is 18.8. The molecule has 0 amide bonds. The third-order valence-corrected chi connectivity index (χ3v) is 5.74. The van der Waals surface area contributed by atoms with E-state index in [1.807, 2.05) is 24.3 Å². The number of nitrogen functional groups attached to an aromatic ring is 2. The van der Waals surface area contributed by atoms with Crippen molar-refractivity contribution >= 4 is 17.2 Å². The molecule has 8 N–H and O–H groups in total. The van der Waals surface area contributed by atoms with E-state index in [1.54, 1.807) is 72.8 Å². The number of carbonyl (C=O) groups excluding carboxylic acids is 1. The number of rotatable bonds is 8. The molecule has 0 saturated heterocycles. The molecule has 0 bridgehead atoms. The molecule has 0 spiro atoms. The number of carbonyl (C=O) groups is 1. The molecule has 2 aliphatic rings. The summed E-state index contributed by atoms with van der Waals surface area (Å²) in [7, 11) is 0. The lowest BCUT2D eigenvalue weighted by Gasteiger charge is -2.36. The standard InChI is InChI=1S/C27H30N4O3/c28-21-11-7-9-19(17-21)24(33-26(30)13-3-1-4-14-26)23(32)25(20-10-8-12-22(29)18-20)34-27(31)15-5-2-6-16-27/h1-13,15,17-18,24-25H,14,16,28-31H2. The molecule has 0 heterocycles. The summed E-state index contributed by atoms with van der Waals surface area (Å²) in [5, 5.41) is 0. The van der Waals surface area contributed by atoms with Crippen LogP contribution >= 0.6 is 0 Å². The van der Waals surface area contributed by atoms with Gasteiger partial charge >= 0.3 is 0 Å². The molecule has 7 nitrogen and oxygen atoms in total. The van der Waals surface area contributed by atoms with Gasteiger partial charge in [-0.25, -0.2) is 0 Å². The van der Waals surface area contributed by atoms with E-state index in [-0.39, 0.29) is 5.78 Å². The van der Waals surface area contributed by atoms with Crippen LogP contribution in [0.25, 0.3) is 0 Å². The molecule has 0 fully saturated rings. The maximum Gasteiger partial charge on any atom is 0.199 e. The van der Waals surface area contributed by atoms with E-state index >= 15 is 0 Å². The quantitative estimate of drug-likeness (QED) is 0.350. The third-order valence-electron chi connectivity index (χ3n) is 5.74. The van der Waals surface area contributed by atoms with Crippen LogP contribution in [0, 0.1) is 0 Å². The molecule has 2 aromatic carbocycles. The molecular weight excluding hydrogens is 428 g/mol. The number of Topliss-reactive ketones (excluding diaryl/α,β-unsaturated/α-hetero) is 1. The zero-order chi connectivity index (χ0) is 24.2. The number of anilines is 2. The highest BCUT2D eigenvalue weighted by Crippen LogP contribution is 2.36. The van der Waals surface area contributed by atoms with Gasteiger partial charge in [0.1, 0.15) is 23.7 Å². The predicted octanol–water partition coefficient (Wildman–Crippen LogP) is 3.58. The lowest BCUT2D eigenvalue weighted by molar-refractivity contribution is -0.161. The second-order valence-electron chi connectivity index (χ2n) is 8.63. The van der Waals surface area contributed by atoms with Crippen LogP contribution in [0.5, 0.6) is 0 Å². The minimum absolute atomic E-state index is 0.364. The van der Waals surface area contributed by atoms with Crippen LogP contribution in [0.4, 0.5) is 11.4 Å². The van der Waals surface area contributed by atoms with Crippen LogP contribution in [0.15, 0.2) is 97.1 Å². The maximum atomic E-state index is 14.2. The Hall–Kier alpha value is -3.49. The van der Waals surface area contributed by atoms with Crippen molar-refractivity contribution in [3.8, 4) is 0 Å².